The average Bonchev–Trinajstić information content (AvgIpc) is 2.43. The molecule has 0 aliphatic carbocycles. The van der Waals surface area contributed by atoms with Gasteiger partial charge in [-0.15, -0.1) is 0 Å². The van der Waals surface area contributed by atoms with Crippen molar-refractivity contribution in [3.63, 3.8) is 0 Å². The number of piperidine rings is 1. The van der Waals surface area contributed by atoms with Crippen molar-refractivity contribution in [2.45, 2.75) is 26.2 Å². The molecule has 1 amide bonds. The zero-order chi connectivity index (χ0) is 13.6. The van der Waals surface area contributed by atoms with Gasteiger partial charge < -0.3 is 10.2 Å². The van der Waals surface area contributed by atoms with Crippen LogP contribution < -0.4 is 5.32 Å². The molecule has 1 aliphatic heterocycles. The van der Waals surface area contributed by atoms with Crippen LogP contribution in [0.2, 0.25) is 0 Å². The Balaban J connectivity index is 0.000000245. The summed E-state index contributed by atoms with van der Waals surface area (Å²) < 4.78 is 0. The summed E-state index contributed by atoms with van der Waals surface area (Å²) in [7, 11) is 3.38. The van der Waals surface area contributed by atoms with E-state index in [2.05, 4.69) is 24.4 Å². The summed E-state index contributed by atoms with van der Waals surface area (Å²) in [5.41, 5.74) is 1.32. The van der Waals surface area contributed by atoms with Crippen molar-refractivity contribution in [2.24, 2.45) is 0 Å². The largest absolute Gasteiger partial charge is 0.351 e. The van der Waals surface area contributed by atoms with Gasteiger partial charge in [-0.3, -0.25) is 4.79 Å². The fourth-order valence-corrected chi connectivity index (χ4v) is 1.34. The Morgan fingerprint density at radius 3 is 1.72 bits per heavy atom. The van der Waals surface area contributed by atoms with E-state index < -0.39 is 0 Å². The van der Waals surface area contributed by atoms with Crippen LogP contribution in [0.4, 0.5) is 0 Å². The Bertz CT molecular complexity index is 270. The fraction of sp³-hybridized carbons (Fsp3) is 0.533. The van der Waals surface area contributed by atoms with Crippen LogP contribution in [-0.4, -0.2) is 38.5 Å². The van der Waals surface area contributed by atoms with Crippen LogP contribution in [0.25, 0.3) is 0 Å². The molecule has 0 saturated carbocycles. The molecule has 0 aromatic heterocycles. The summed E-state index contributed by atoms with van der Waals surface area (Å²) in [5, 5.41) is 3.28. The third-order valence-corrected chi connectivity index (χ3v) is 2.36. The van der Waals surface area contributed by atoms with Gasteiger partial charge in [0.15, 0.2) is 0 Å². The smallest absolute Gasteiger partial charge is 0.209 e. The lowest BCUT2D eigenvalue weighted by molar-refractivity contribution is -0.115. The van der Waals surface area contributed by atoms with Crippen LogP contribution in [0.5, 0.6) is 0 Å². The number of aryl methyl sites for hydroxylation is 1. The Kier molecular flexibility index (Phi) is 11.2. The number of amides is 1. The molecular formula is C15H26N2O. The molecule has 2 rings (SSSR count). The molecule has 1 N–H and O–H groups in total. The lowest BCUT2D eigenvalue weighted by Gasteiger charge is -2.08. The van der Waals surface area contributed by atoms with Crippen LogP contribution in [0.1, 0.15) is 24.8 Å². The van der Waals surface area contributed by atoms with E-state index in [1.807, 2.05) is 18.2 Å². The highest BCUT2D eigenvalue weighted by Gasteiger charge is 1.93. The van der Waals surface area contributed by atoms with Crippen molar-refractivity contribution in [1.82, 2.24) is 10.2 Å². The summed E-state index contributed by atoms with van der Waals surface area (Å²) in [6.07, 6.45) is 4.97. The second-order valence-corrected chi connectivity index (χ2v) is 4.53. The maximum Gasteiger partial charge on any atom is 0.209 e. The van der Waals surface area contributed by atoms with Gasteiger partial charge in [0.1, 0.15) is 0 Å². The molecule has 1 heterocycles. The van der Waals surface area contributed by atoms with Gasteiger partial charge in [-0.25, -0.2) is 0 Å². The van der Waals surface area contributed by atoms with Gasteiger partial charge in [-0.2, -0.15) is 0 Å². The molecule has 1 aromatic rings. The summed E-state index contributed by atoms with van der Waals surface area (Å²) in [6, 6.07) is 10.3. The van der Waals surface area contributed by atoms with Crippen LogP contribution in [0.3, 0.4) is 0 Å². The number of carbonyl (C=O) groups is 1. The van der Waals surface area contributed by atoms with E-state index >= 15 is 0 Å². The van der Waals surface area contributed by atoms with Crippen molar-refractivity contribution in [3.05, 3.63) is 35.9 Å². The van der Waals surface area contributed by atoms with Gasteiger partial charge in [0, 0.05) is 14.1 Å². The molecule has 102 valence electrons. The molecular weight excluding hydrogens is 224 g/mol. The highest BCUT2D eigenvalue weighted by Crippen LogP contribution is 1.96. The molecule has 1 saturated heterocycles. The SMILES string of the molecule is C1CCNCC1.CN(C)C=O.Cc1ccccc1. The molecule has 1 fully saturated rings. The Hall–Kier alpha value is -1.35. The first-order chi connectivity index (χ1) is 8.66. The number of benzene rings is 1. The normalized spacial score (nSPS) is 13.3. The highest BCUT2D eigenvalue weighted by molar-refractivity contribution is 5.45. The molecule has 0 spiro atoms. The van der Waals surface area contributed by atoms with Gasteiger partial charge in [0.25, 0.3) is 0 Å². The second kappa shape index (κ2) is 12.1. The third kappa shape index (κ3) is 12.7. The minimum Gasteiger partial charge on any atom is -0.351 e. The van der Waals surface area contributed by atoms with Crippen LogP contribution in [0.15, 0.2) is 30.3 Å². The van der Waals surface area contributed by atoms with Crippen molar-refractivity contribution in [3.8, 4) is 0 Å². The summed E-state index contributed by atoms with van der Waals surface area (Å²) >= 11 is 0. The lowest BCUT2D eigenvalue weighted by atomic mass is 10.2. The van der Waals surface area contributed by atoms with E-state index in [4.69, 9.17) is 0 Å². The Morgan fingerprint density at radius 2 is 1.56 bits per heavy atom. The topological polar surface area (TPSA) is 32.3 Å². The summed E-state index contributed by atoms with van der Waals surface area (Å²) in [5.74, 6) is 0. The van der Waals surface area contributed by atoms with Crippen molar-refractivity contribution in [2.75, 3.05) is 27.2 Å². The molecule has 3 nitrogen and oxygen atoms in total. The van der Waals surface area contributed by atoms with E-state index in [0.29, 0.717) is 0 Å². The minimum absolute atomic E-state index is 0.750. The fourth-order valence-electron chi connectivity index (χ4n) is 1.34. The van der Waals surface area contributed by atoms with E-state index in [-0.39, 0.29) is 0 Å². The van der Waals surface area contributed by atoms with Crippen LogP contribution in [0, 0.1) is 6.92 Å². The van der Waals surface area contributed by atoms with Crippen molar-refractivity contribution >= 4 is 6.41 Å². The zero-order valence-corrected chi connectivity index (χ0v) is 11.9. The minimum atomic E-state index is 0.750. The molecule has 3 heteroatoms. The van der Waals surface area contributed by atoms with E-state index in [1.54, 1.807) is 14.1 Å². The van der Waals surface area contributed by atoms with Crippen LogP contribution >= 0.6 is 0 Å². The van der Waals surface area contributed by atoms with Gasteiger partial charge in [0.05, 0.1) is 0 Å². The Morgan fingerprint density at radius 1 is 1.06 bits per heavy atom. The monoisotopic (exact) mass is 250 g/mol. The standard InChI is InChI=1S/C7H8.C5H11N.C3H7NO/c1-7-5-3-2-4-6-7;1-2-4-6-5-3-1;1-4(2)3-5/h2-6H,1H3;6H,1-5H2;3H,1-2H3. The second-order valence-electron chi connectivity index (χ2n) is 4.53. The molecule has 18 heavy (non-hydrogen) atoms. The first-order valence-electron chi connectivity index (χ1n) is 6.51. The summed E-state index contributed by atoms with van der Waals surface area (Å²) in [4.78, 5) is 10.9. The van der Waals surface area contributed by atoms with Gasteiger partial charge in [-0.05, 0) is 32.9 Å². The van der Waals surface area contributed by atoms with Crippen molar-refractivity contribution in [1.29, 1.82) is 0 Å². The molecule has 0 atom stereocenters. The first kappa shape index (κ1) is 16.6. The number of carbonyl (C=O) groups excluding carboxylic acids is 1. The van der Waals surface area contributed by atoms with Crippen molar-refractivity contribution < 1.29 is 4.79 Å². The number of nitrogens with one attached hydrogen (secondary N) is 1. The van der Waals surface area contributed by atoms with E-state index in [0.717, 1.165) is 6.41 Å². The molecule has 0 radical (unpaired) electrons. The van der Waals surface area contributed by atoms with Gasteiger partial charge in [-0.1, -0.05) is 42.3 Å². The third-order valence-electron chi connectivity index (χ3n) is 2.36. The maximum absolute atomic E-state index is 9.43. The van der Waals surface area contributed by atoms with E-state index in [9.17, 15) is 4.79 Å². The van der Waals surface area contributed by atoms with E-state index in [1.165, 1.54) is 42.8 Å². The first-order valence-corrected chi connectivity index (χ1v) is 6.51. The lowest BCUT2D eigenvalue weighted by Crippen LogP contribution is -2.21. The molecule has 0 unspecified atom stereocenters. The van der Waals surface area contributed by atoms with Crippen LogP contribution in [-0.2, 0) is 4.79 Å². The predicted molar refractivity (Wildman–Crippen MR) is 77.7 cm³/mol. The average molecular weight is 250 g/mol. The Labute approximate surface area is 111 Å². The maximum atomic E-state index is 9.43. The predicted octanol–water partition coefficient (Wildman–Crippen LogP) is 2.46. The number of hydrogen-bond acceptors (Lipinski definition) is 2. The highest BCUT2D eigenvalue weighted by atomic mass is 16.1. The number of hydrogen-bond donors (Lipinski definition) is 1. The van der Waals surface area contributed by atoms with Gasteiger partial charge >= 0.3 is 0 Å². The number of nitrogens with zero attached hydrogens (tertiary/aromatic N) is 1. The number of rotatable bonds is 1. The molecule has 0 bridgehead atoms. The molecule has 1 aliphatic rings. The summed E-state index contributed by atoms with van der Waals surface area (Å²) in [6.45, 7) is 4.58. The van der Waals surface area contributed by atoms with Gasteiger partial charge in [0.2, 0.25) is 6.41 Å². The zero-order valence-electron chi connectivity index (χ0n) is 11.9. The quantitative estimate of drug-likeness (QED) is 0.777. The molecule has 1 aromatic carbocycles.